The molecule has 0 radical (unpaired) electrons. The molecule has 214 valence electrons. The van der Waals surface area contributed by atoms with Crippen LogP contribution in [0, 0.1) is 0 Å². The highest BCUT2D eigenvalue weighted by Crippen LogP contribution is 2.22. The van der Waals surface area contributed by atoms with Crippen molar-refractivity contribution in [3.63, 3.8) is 0 Å². The van der Waals surface area contributed by atoms with Gasteiger partial charge in [-0.15, -0.1) is 0 Å². The number of aryl methyl sites for hydroxylation is 2. The van der Waals surface area contributed by atoms with Crippen molar-refractivity contribution < 1.29 is 0 Å². The van der Waals surface area contributed by atoms with Crippen molar-refractivity contribution in [2.75, 3.05) is 0 Å². The fourth-order valence-electron chi connectivity index (χ4n) is 6.69. The molecule has 0 atom stereocenters. The Labute approximate surface area is 258 Å². The Hall–Kier alpha value is -3.49. The van der Waals surface area contributed by atoms with Gasteiger partial charge in [0.1, 0.15) is 11.5 Å². The lowest BCUT2D eigenvalue weighted by atomic mass is 9.14. The monoisotopic (exact) mass is 568 g/mol. The lowest BCUT2D eigenvalue weighted by Crippen LogP contribution is -2.66. The minimum Gasteiger partial charge on any atom is -0.200 e. The van der Waals surface area contributed by atoms with Gasteiger partial charge in [0.25, 0.3) is 0 Å². The quantitative estimate of drug-likeness (QED) is 0.0909. The van der Waals surface area contributed by atoms with E-state index in [2.05, 4.69) is 146 Å². The van der Waals surface area contributed by atoms with Gasteiger partial charge in [0.05, 0.1) is 6.15 Å². The number of benzene rings is 5. The average molecular weight is 569 g/mol. The summed E-state index contributed by atoms with van der Waals surface area (Å²) in [7, 11) is 0. The predicted molar refractivity (Wildman–Crippen MR) is 189 cm³/mol. The maximum atomic E-state index is 2.44. The average Bonchev–Trinajstić information content (AvgIpc) is 3.26. The first-order chi connectivity index (χ1) is 20.8. The molecule has 0 heterocycles. The SMILES string of the molecule is CCCC[B-](c1ccccc1)(c1ccccc1)c1ccccc1.c1ccc(C[SH+]Cc2ccc3cc2CCCC3)cc1. The molecule has 0 N–H and O–H groups in total. The molecule has 0 fully saturated rings. The Kier molecular flexibility index (Phi) is 11.2. The van der Waals surface area contributed by atoms with Crippen LogP contribution in [0.5, 0.6) is 0 Å². The summed E-state index contributed by atoms with van der Waals surface area (Å²) in [6.45, 7) is 2.28. The van der Waals surface area contributed by atoms with Gasteiger partial charge in [0, 0.05) is 11.1 Å². The van der Waals surface area contributed by atoms with Crippen LogP contribution in [0.4, 0.5) is 0 Å². The molecule has 1 aliphatic carbocycles. The van der Waals surface area contributed by atoms with Gasteiger partial charge in [-0.25, -0.2) is 0 Å². The molecule has 6 rings (SSSR count). The van der Waals surface area contributed by atoms with Crippen LogP contribution in [0.25, 0.3) is 0 Å². The minimum atomic E-state index is -0.913. The summed E-state index contributed by atoms with van der Waals surface area (Å²) in [6.07, 6.45) is 8.00. The predicted octanol–water partition coefficient (Wildman–Crippen LogP) is 8.04. The Morgan fingerprint density at radius 3 is 1.64 bits per heavy atom. The van der Waals surface area contributed by atoms with Crippen LogP contribution >= 0.6 is 0 Å². The Balaban J connectivity index is 0.000000171. The molecule has 0 nitrogen and oxygen atoms in total. The van der Waals surface area contributed by atoms with Gasteiger partial charge in [-0.2, -0.15) is 22.7 Å². The molecule has 42 heavy (non-hydrogen) atoms. The van der Waals surface area contributed by atoms with Gasteiger partial charge in [-0.1, -0.05) is 159 Å². The number of hydrogen-bond donors (Lipinski definition) is 0. The summed E-state index contributed by atoms with van der Waals surface area (Å²) in [6, 6.07) is 51.1. The third kappa shape index (κ3) is 7.67. The van der Waals surface area contributed by atoms with E-state index in [1.807, 2.05) is 0 Å². The second-order valence-corrected chi connectivity index (χ2v) is 12.8. The molecule has 0 amide bonds. The number of unbranched alkanes of at least 4 members (excludes halogenated alkanes) is 1. The van der Waals surface area contributed by atoms with E-state index < -0.39 is 6.15 Å². The van der Waals surface area contributed by atoms with Crippen molar-refractivity contribution in [3.8, 4) is 0 Å². The summed E-state index contributed by atoms with van der Waals surface area (Å²) in [5.74, 6) is 2.37. The number of hydrogen-bond acceptors (Lipinski definition) is 0. The van der Waals surface area contributed by atoms with E-state index >= 15 is 0 Å². The molecule has 0 aliphatic heterocycles. The van der Waals surface area contributed by atoms with Crippen LogP contribution in [0.3, 0.4) is 0 Å². The molecule has 5 aromatic rings. The summed E-state index contributed by atoms with van der Waals surface area (Å²) in [5, 5.41) is 0. The lowest BCUT2D eigenvalue weighted by Gasteiger charge is -2.43. The van der Waals surface area contributed by atoms with E-state index in [1.54, 1.807) is 11.1 Å². The third-order valence-electron chi connectivity index (χ3n) is 8.95. The zero-order valence-corrected chi connectivity index (χ0v) is 26.1. The van der Waals surface area contributed by atoms with E-state index in [9.17, 15) is 0 Å². The van der Waals surface area contributed by atoms with Crippen molar-refractivity contribution in [1.82, 2.24) is 0 Å². The lowest BCUT2D eigenvalue weighted by molar-refractivity contribution is 0.753. The first-order valence-corrected chi connectivity index (χ1v) is 17.2. The minimum absolute atomic E-state index is 0.913. The Morgan fingerprint density at radius 2 is 1.10 bits per heavy atom. The van der Waals surface area contributed by atoms with Gasteiger partial charge in [-0.3, -0.25) is 0 Å². The Morgan fingerprint density at radius 1 is 0.571 bits per heavy atom. The van der Waals surface area contributed by atoms with E-state index in [4.69, 9.17) is 0 Å². The maximum absolute atomic E-state index is 2.44. The smallest absolute Gasteiger partial charge is 0.131 e. The number of fused-ring (bicyclic) bond motifs is 2. The third-order valence-corrected chi connectivity index (χ3v) is 10.1. The molecule has 0 aromatic heterocycles. The first-order valence-electron chi connectivity index (χ1n) is 15.9. The fourth-order valence-corrected chi connectivity index (χ4v) is 7.82. The topological polar surface area (TPSA) is 0 Å². The molecular formula is C40H45BS. The molecular weight excluding hydrogens is 523 g/mol. The molecule has 0 saturated carbocycles. The van der Waals surface area contributed by atoms with Gasteiger partial charge in [0.15, 0.2) is 0 Å². The number of rotatable bonds is 10. The van der Waals surface area contributed by atoms with Crippen LogP contribution in [0.15, 0.2) is 140 Å². The molecule has 5 aromatic carbocycles. The second kappa shape index (κ2) is 15.7. The standard InChI is InChI=1S/C22H24B.C18H20S/c1-2-3-19-23(20-13-7-4-8-14-20,21-15-9-5-10-16-21)22-17-11-6-12-18-22;1-2-7-16(8-3-1)13-19-14-18-11-10-15-6-4-5-9-17(18)12-15/h4-18H,2-3,19H2,1H3;1-3,7-8,10-12H,4-6,9,13-14H2/q-1;/p+1. The number of thiol groups is 1. The zero-order valence-electron chi connectivity index (χ0n) is 25.2. The van der Waals surface area contributed by atoms with Gasteiger partial charge in [0.2, 0.25) is 0 Å². The highest BCUT2D eigenvalue weighted by molar-refractivity contribution is 7.76. The zero-order chi connectivity index (χ0) is 28.9. The first kappa shape index (κ1) is 30.0. The molecule has 2 heteroatoms. The van der Waals surface area contributed by atoms with Crippen molar-refractivity contribution in [1.29, 1.82) is 0 Å². The second-order valence-electron chi connectivity index (χ2n) is 11.8. The Bertz CT molecular complexity index is 1370. The van der Waals surface area contributed by atoms with Crippen molar-refractivity contribution in [2.24, 2.45) is 0 Å². The summed E-state index contributed by atoms with van der Waals surface area (Å²) in [5.41, 5.74) is 10.5. The highest BCUT2D eigenvalue weighted by Gasteiger charge is 2.28. The molecule has 0 unspecified atom stereocenters. The normalized spacial score (nSPS) is 12.6. The van der Waals surface area contributed by atoms with Crippen LogP contribution in [-0.2, 0) is 36.1 Å². The highest BCUT2D eigenvalue weighted by atomic mass is 32.2. The fraction of sp³-hybridized carbons (Fsp3) is 0.250. The van der Waals surface area contributed by atoms with E-state index in [1.165, 1.54) is 95.6 Å². The van der Waals surface area contributed by atoms with Crippen LogP contribution in [0.2, 0.25) is 6.32 Å². The van der Waals surface area contributed by atoms with Crippen molar-refractivity contribution in [2.45, 2.75) is 63.3 Å². The molecule has 0 spiro atoms. The van der Waals surface area contributed by atoms with E-state index in [-0.39, 0.29) is 0 Å². The largest absolute Gasteiger partial charge is 0.200 e. The molecule has 1 aliphatic rings. The van der Waals surface area contributed by atoms with Crippen molar-refractivity contribution in [3.05, 3.63) is 162 Å². The van der Waals surface area contributed by atoms with Gasteiger partial charge >= 0.3 is 0 Å². The van der Waals surface area contributed by atoms with Crippen LogP contribution in [0.1, 0.15) is 54.9 Å². The van der Waals surface area contributed by atoms with Crippen LogP contribution in [-0.4, -0.2) is 6.15 Å². The van der Waals surface area contributed by atoms with E-state index in [0.717, 1.165) is 0 Å². The van der Waals surface area contributed by atoms with Gasteiger partial charge in [-0.05, 0) is 48.6 Å². The molecule has 2 bridgehead atoms. The summed E-state index contributed by atoms with van der Waals surface area (Å²) >= 11 is 1.52. The summed E-state index contributed by atoms with van der Waals surface area (Å²) < 4.78 is 0. The molecule has 0 saturated heterocycles. The maximum Gasteiger partial charge on any atom is 0.131 e. The summed E-state index contributed by atoms with van der Waals surface area (Å²) in [4.78, 5) is 0. The van der Waals surface area contributed by atoms with E-state index in [0.29, 0.717) is 0 Å². The van der Waals surface area contributed by atoms with Gasteiger partial charge < -0.3 is 0 Å². The van der Waals surface area contributed by atoms with Crippen LogP contribution < -0.4 is 16.4 Å². The van der Waals surface area contributed by atoms with Crippen molar-refractivity contribution >= 4 is 34.3 Å².